The summed E-state index contributed by atoms with van der Waals surface area (Å²) < 4.78 is 9.19. The molecule has 4 fully saturated rings. The molecule has 1 aliphatic carbocycles. The molecule has 5 rings (SSSR count). The average Bonchev–Trinajstić information content (AvgIpc) is 3.14. The summed E-state index contributed by atoms with van der Waals surface area (Å²) in [4.78, 5) is 2.61. The van der Waals surface area contributed by atoms with Gasteiger partial charge in [-0.15, -0.1) is 11.8 Å². The molecular formula is C13H19N3S2. The monoisotopic (exact) mass is 281 g/mol. The topological polar surface area (TPSA) is 29.0 Å². The van der Waals surface area contributed by atoms with Gasteiger partial charge in [0.2, 0.25) is 0 Å². The molecule has 0 amide bonds. The molecule has 4 aliphatic rings. The summed E-state index contributed by atoms with van der Waals surface area (Å²) in [7, 11) is 0. The molecule has 0 spiro atoms. The fraction of sp³-hybridized carbons (Fsp3) is 0.846. The quantitative estimate of drug-likeness (QED) is 0.794. The van der Waals surface area contributed by atoms with E-state index in [2.05, 4.69) is 13.6 Å². The van der Waals surface area contributed by atoms with Crippen molar-refractivity contribution in [1.29, 1.82) is 0 Å². The Morgan fingerprint density at radius 3 is 2.67 bits per heavy atom. The summed E-state index contributed by atoms with van der Waals surface area (Å²) >= 11 is 3.38. The highest BCUT2D eigenvalue weighted by atomic mass is 32.2. The first kappa shape index (κ1) is 11.7. The highest BCUT2D eigenvalue weighted by Crippen LogP contribution is 2.42. The largest absolute Gasteiger partial charge is 0.303 e. The smallest absolute Gasteiger partial charge is 0.134 e. The van der Waals surface area contributed by atoms with Crippen LogP contribution in [0.25, 0.3) is 0 Å². The molecule has 0 aromatic carbocycles. The van der Waals surface area contributed by atoms with E-state index in [9.17, 15) is 0 Å². The Morgan fingerprint density at radius 2 is 2.00 bits per heavy atom. The van der Waals surface area contributed by atoms with Crippen LogP contribution in [0, 0.1) is 11.8 Å². The zero-order chi connectivity index (χ0) is 11.9. The molecule has 2 bridgehead atoms. The highest BCUT2D eigenvalue weighted by molar-refractivity contribution is 7.99. The number of piperidine rings is 3. The molecule has 1 unspecified atom stereocenters. The lowest BCUT2D eigenvalue weighted by Gasteiger charge is -2.44. The Labute approximate surface area is 117 Å². The van der Waals surface area contributed by atoms with Crippen LogP contribution >= 0.6 is 23.5 Å². The van der Waals surface area contributed by atoms with Crippen molar-refractivity contribution in [3.63, 3.8) is 0 Å². The van der Waals surface area contributed by atoms with Crippen molar-refractivity contribution in [2.75, 3.05) is 25.4 Å². The minimum atomic E-state index is 0.674. The van der Waals surface area contributed by atoms with Gasteiger partial charge < -0.3 is 4.90 Å². The molecule has 1 aromatic rings. The molecular weight excluding hydrogens is 262 g/mol. The van der Waals surface area contributed by atoms with Gasteiger partial charge in [-0.3, -0.25) is 0 Å². The molecule has 3 saturated heterocycles. The first-order chi connectivity index (χ1) is 8.90. The lowest BCUT2D eigenvalue weighted by Crippen LogP contribution is -2.46. The van der Waals surface area contributed by atoms with Crippen LogP contribution in [0.5, 0.6) is 0 Å². The third-order valence-electron chi connectivity index (χ3n) is 4.64. The Balaban J connectivity index is 1.51. The third kappa shape index (κ3) is 2.21. The summed E-state index contributed by atoms with van der Waals surface area (Å²) in [5, 5.41) is 1.26. The van der Waals surface area contributed by atoms with E-state index in [1.54, 1.807) is 0 Å². The van der Waals surface area contributed by atoms with Crippen molar-refractivity contribution in [2.45, 2.75) is 36.6 Å². The second kappa shape index (κ2) is 4.76. The predicted molar refractivity (Wildman–Crippen MR) is 75.3 cm³/mol. The van der Waals surface area contributed by atoms with Crippen molar-refractivity contribution in [1.82, 2.24) is 13.6 Å². The van der Waals surface area contributed by atoms with Gasteiger partial charge in [0.25, 0.3) is 0 Å². The number of rotatable bonds is 4. The highest BCUT2D eigenvalue weighted by Gasteiger charge is 2.37. The van der Waals surface area contributed by atoms with Crippen molar-refractivity contribution >= 4 is 23.5 Å². The lowest BCUT2D eigenvalue weighted by atomic mass is 9.78. The Bertz CT molecular complexity index is 422. The van der Waals surface area contributed by atoms with E-state index in [-0.39, 0.29) is 0 Å². The molecule has 1 atom stereocenters. The second-order valence-electron chi connectivity index (χ2n) is 5.95. The summed E-state index contributed by atoms with van der Waals surface area (Å²) in [6.45, 7) is 3.85. The van der Waals surface area contributed by atoms with E-state index < -0.39 is 0 Å². The Hall–Kier alpha value is -0.130. The maximum Gasteiger partial charge on any atom is 0.134 e. The van der Waals surface area contributed by atoms with Crippen molar-refractivity contribution in [2.24, 2.45) is 11.8 Å². The predicted octanol–water partition coefficient (Wildman–Crippen LogP) is 2.85. The average molecular weight is 281 g/mol. The maximum atomic E-state index is 4.64. The van der Waals surface area contributed by atoms with Gasteiger partial charge in [0.1, 0.15) is 5.03 Å². The summed E-state index contributed by atoms with van der Waals surface area (Å²) in [6, 6.07) is 0. The van der Waals surface area contributed by atoms with Gasteiger partial charge in [0.05, 0.1) is 17.4 Å². The molecule has 0 radical (unpaired) electrons. The number of hydrogen-bond donors (Lipinski definition) is 0. The van der Waals surface area contributed by atoms with E-state index >= 15 is 0 Å². The SMILES string of the molecule is C1CC1CSc1nsnc1C1CN2CCC1CC2. The number of nitrogens with zero attached hydrogens (tertiary/aromatic N) is 3. The fourth-order valence-electron chi connectivity index (χ4n) is 3.27. The molecule has 0 N–H and O–H groups in total. The van der Waals surface area contributed by atoms with Crippen LogP contribution in [0.3, 0.4) is 0 Å². The van der Waals surface area contributed by atoms with Crippen molar-refractivity contribution in [3.8, 4) is 0 Å². The maximum absolute atomic E-state index is 4.64. The Morgan fingerprint density at radius 1 is 1.17 bits per heavy atom. The molecule has 5 heteroatoms. The molecule has 98 valence electrons. The summed E-state index contributed by atoms with van der Waals surface area (Å²) in [5.41, 5.74) is 1.33. The first-order valence-corrected chi connectivity index (χ1v) is 8.79. The summed E-state index contributed by atoms with van der Waals surface area (Å²) in [5.74, 6) is 3.78. The number of thioether (sulfide) groups is 1. The lowest BCUT2D eigenvalue weighted by molar-refractivity contribution is 0.0846. The third-order valence-corrected chi connectivity index (χ3v) is 6.51. The van der Waals surface area contributed by atoms with Crippen LogP contribution in [-0.4, -0.2) is 39.0 Å². The van der Waals surface area contributed by atoms with Gasteiger partial charge in [-0.1, -0.05) is 0 Å². The molecule has 4 heterocycles. The fourth-order valence-corrected chi connectivity index (χ4v) is 5.23. The molecule has 18 heavy (non-hydrogen) atoms. The van der Waals surface area contributed by atoms with E-state index in [0.717, 1.165) is 11.8 Å². The van der Waals surface area contributed by atoms with E-state index in [1.807, 2.05) is 11.8 Å². The van der Waals surface area contributed by atoms with Gasteiger partial charge >= 0.3 is 0 Å². The van der Waals surface area contributed by atoms with Crippen LogP contribution in [0.4, 0.5) is 0 Å². The summed E-state index contributed by atoms with van der Waals surface area (Å²) in [6.07, 6.45) is 5.60. The van der Waals surface area contributed by atoms with Gasteiger partial charge in [-0.2, -0.15) is 8.75 Å². The van der Waals surface area contributed by atoms with Gasteiger partial charge in [0, 0.05) is 18.2 Å². The van der Waals surface area contributed by atoms with Crippen molar-refractivity contribution in [3.05, 3.63) is 5.69 Å². The van der Waals surface area contributed by atoms with E-state index in [1.165, 1.54) is 73.5 Å². The van der Waals surface area contributed by atoms with Crippen LogP contribution in [-0.2, 0) is 0 Å². The van der Waals surface area contributed by atoms with E-state index in [4.69, 9.17) is 0 Å². The molecule has 3 nitrogen and oxygen atoms in total. The van der Waals surface area contributed by atoms with Crippen LogP contribution in [0.15, 0.2) is 5.03 Å². The van der Waals surface area contributed by atoms with Crippen LogP contribution in [0.1, 0.15) is 37.3 Å². The Kier molecular flexibility index (Phi) is 3.09. The molecule has 1 aromatic heterocycles. The number of fused-ring (bicyclic) bond motifs is 3. The van der Waals surface area contributed by atoms with Crippen molar-refractivity contribution < 1.29 is 0 Å². The molecule has 1 saturated carbocycles. The standard InChI is InChI=1S/C13H19N3S2/c1-2-9(1)8-17-13-12(14-18-15-13)11-7-16-5-3-10(11)4-6-16/h9-11H,1-8H2. The zero-order valence-electron chi connectivity index (χ0n) is 10.5. The van der Waals surface area contributed by atoms with Crippen LogP contribution < -0.4 is 0 Å². The van der Waals surface area contributed by atoms with Crippen LogP contribution in [0.2, 0.25) is 0 Å². The minimum Gasteiger partial charge on any atom is -0.303 e. The second-order valence-corrected chi connectivity index (χ2v) is 7.49. The van der Waals surface area contributed by atoms with Gasteiger partial charge in [0.15, 0.2) is 0 Å². The normalized spacial score (nSPS) is 35.0. The molecule has 3 aliphatic heterocycles. The minimum absolute atomic E-state index is 0.674. The first-order valence-electron chi connectivity index (χ1n) is 7.08. The number of hydrogen-bond acceptors (Lipinski definition) is 5. The zero-order valence-corrected chi connectivity index (χ0v) is 12.2. The van der Waals surface area contributed by atoms with Gasteiger partial charge in [-0.05, 0) is 50.6 Å². The van der Waals surface area contributed by atoms with E-state index in [0.29, 0.717) is 5.92 Å². The number of aromatic nitrogens is 2. The van der Waals surface area contributed by atoms with Gasteiger partial charge in [-0.25, -0.2) is 0 Å².